The summed E-state index contributed by atoms with van der Waals surface area (Å²) in [5, 5.41) is 0.581. The van der Waals surface area contributed by atoms with Crippen molar-refractivity contribution in [2.75, 3.05) is 6.54 Å². The van der Waals surface area contributed by atoms with Gasteiger partial charge in [-0.2, -0.15) is 0 Å². The van der Waals surface area contributed by atoms with Crippen molar-refractivity contribution in [1.29, 1.82) is 0 Å². The monoisotopic (exact) mass is 306 g/mol. The number of Topliss-reactive ketones (excluding diaryl/α,β-unsaturated/α-hetero) is 1. The fourth-order valence-corrected chi connectivity index (χ4v) is 4.77. The zero-order valence-corrected chi connectivity index (χ0v) is 13.0. The molecule has 6 heteroatoms. The molecule has 0 bridgehead atoms. The van der Waals surface area contributed by atoms with E-state index in [0.717, 1.165) is 44.1 Å². The first-order valence-corrected chi connectivity index (χ1v) is 8.71. The number of hydrogen-bond donors (Lipinski definition) is 2. The molecule has 0 spiro atoms. The van der Waals surface area contributed by atoms with Gasteiger partial charge in [0.1, 0.15) is 0 Å². The highest BCUT2D eigenvalue weighted by molar-refractivity contribution is 7.13. The Labute approximate surface area is 128 Å². The van der Waals surface area contributed by atoms with Crippen LogP contribution in [-0.4, -0.2) is 39.8 Å². The lowest BCUT2D eigenvalue weighted by Gasteiger charge is -2.25. The van der Waals surface area contributed by atoms with Crippen molar-refractivity contribution in [2.45, 2.75) is 62.7 Å². The van der Waals surface area contributed by atoms with Crippen LogP contribution in [0.1, 0.15) is 52.5 Å². The molecule has 4 rings (SSSR count). The van der Waals surface area contributed by atoms with Crippen LogP contribution in [0.5, 0.6) is 0 Å². The molecule has 21 heavy (non-hydrogen) atoms. The fourth-order valence-electron chi connectivity index (χ4n) is 3.60. The third-order valence-electron chi connectivity index (χ3n) is 5.21. The van der Waals surface area contributed by atoms with Crippen molar-refractivity contribution in [2.24, 2.45) is 11.5 Å². The van der Waals surface area contributed by atoms with Crippen LogP contribution in [0.2, 0.25) is 0 Å². The van der Waals surface area contributed by atoms with Gasteiger partial charge in [-0.25, -0.2) is 4.98 Å². The van der Waals surface area contributed by atoms with Crippen molar-refractivity contribution in [3.05, 3.63) is 15.6 Å². The van der Waals surface area contributed by atoms with Crippen molar-refractivity contribution in [3.63, 3.8) is 0 Å². The van der Waals surface area contributed by atoms with E-state index >= 15 is 0 Å². The maximum Gasteiger partial charge on any atom is 0.212 e. The summed E-state index contributed by atoms with van der Waals surface area (Å²) >= 11 is 1.54. The summed E-state index contributed by atoms with van der Waals surface area (Å²) in [6, 6.07) is 0.539. The average Bonchev–Trinajstić information content (AvgIpc) is 3.15. The molecule has 4 N–H and O–H groups in total. The van der Waals surface area contributed by atoms with Crippen LogP contribution in [-0.2, 0) is 13.0 Å². The van der Waals surface area contributed by atoms with Crippen LogP contribution in [0.25, 0.3) is 0 Å². The minimum atomic E-state index is -0.892. The molecule has 3 aliphatic rings. The molecular weight excluding hydrogens is 284 g/mol. The molecule has 2 atom stereocenters. The number of nitrogens with zero attached hydrogens (tertiary/aromatic N) is 2. The van der Waals surface area contributed by atoms with Gasteiger partial charge in [0.15, 0.2) is 5.01 Å². The van der Waals surface area contributed by atoms with E-state index in [1.165, 1.54) is 17.7 Å². The van der Waals surface area contributed by atoms with Gasteiger partial charge in [-0.05, 0) is 32.1 Å². The Balaban J connectivity index is 1.58. The molecule has 2 aliphatic carbocycles. The highest BCUT2D eigenvalue weighted by atomic mass is 32.1. The van der Waals surface area contributed by atoms with Crippen molar-refractivity contribution < 1.29 is 4.79 Å². The lowest BCUT2D eigenvalue weighted by Crippen LogP contribution is -2.57. The lowest BCUT2D eigenvalue weighted by molar-refractivity contribution is 0.0879. The van der Waals surface area contributed by atoms with Crippen LogP contribution in [0, 0.1) is 0 Å². The number of ketones is 1. The number of carbonyl (C=O) groups excluding carboxylic acids is 1. The Morgan fingerprint density at radius 3 is 2.86 bits per heavy atom. The van der Waals surface area contributed by atoms with Crippen molar-refractivity contribution >= 4 is 17.1 Å². The molecule has 0 saturated heterocycles. The maximum atomic E-state index is 12.8. The van der Waals surface area contributed by atoms with Gasteiger partial charge in [0.2, 0.25) is 5.78 Å². The van der Waals surface area contributed by atoms with E-state index in [9.17, 15) is 4.79 Å². The van der Waals surface area contributed by atoms with Gasteiger partial charge in [-0.1, -0.05) is 0 Å². The fraction of sp³-hybridized carbons (Fsp3) is 0.733. The van der Waals surface area contributed by atoms with E-state index in [1.807, 2.05) is 0 Å². The van der Waals surface area contributed by atoms with Crippen LogP contribution in [0.15, 0.2) is 0 Å². The van der Waals surface area contributed by atoms with Gasteiger partial charge < -0.3 is 11.5 Å². The first-order valence-electron chi connectivity index (χ1n) is 7.90. The zero-order valence-electron chi connectivity index (χ0n) is 12.2. The molecule has 0 amide bonds. The summed E-state index contributed by atoms with van der Waals surface area (Å²) in [5.41, 5.74) is 12.6. The smallest absolute Gasteiger partial charge is 0.212 e. The van der Waals surface area contributed by atoms with Crippen molar-refractivity contribution in [3.8, 4) is 0 Å². The minimum Gasteiger partial charge on any atom is -0.326 e. The predicted octanol–water partition coefficient (Wildman–Crippen LogP) is 1.05. The molecule has 2 fully saturated rings. The molecule has 2 saturated carbocycles. The van der Waals surface area contributed by atoms with Gasteiger partial charge in [-0.3, -0.25) is 9.69 Å². The molecule has 5 nitrogen and oxygen atoms in total. The predicted molar refractivity (Wildman–Crippen MR) is 82.3 cm³/mol. The van der Waals surface area contributed by atoms with Gasteiger partial charge in [0, 0.05) is 36.5 Å². The topological polar surface area (TPSA) is 85.2 Å². The number of hydrogen-bond acceptors (Lipinski definition) is 6. The average molecular weight is 306 g/mol. The Morgan fingerprint density at radius 1 is 1.38 bits per heavy atom. The maximum absolute atomic E-state index is 12.8. The van der Waals surface area contributed by atoms with Crippen LogP contribution in [0.4, 0.5) is 0 Å². The molecule has 114 valence electrons. The Morgan fingerprint density at radius 2 is 2.19 bits per heavy atom. The SMILES string of the molecule is NC1CCCC1(N)C(=O)c1nc2c(s1)CN(C1CC1)CC2. The van der Waals surface area contributed by atoms with Gasteiger partial charge in [0.25, 0.3) is 0 Å². The molecule has 1 aliphatic heterocycles. The summed E-state index contributed by atoms with van der Waals surface area (Å²) < 4.78 is 0. The molecule has 0 aromatic carbocycles. The zero-order chi connectivity index (χ0) is 14.6. The lowest BCUT2D eigenvalue weighted by atomic mass is 9.90. The third kappa shape index (κ3) is 2.25. The van der Waals surface area contributed by atoms with E-state index in [4.69, 9.17) is 11.5 Å². The second-order valence-electron chi connectivity index (χ2n) is 6.71. The third-order valence-corrected chi connectivity index (χ3v) is 6.29. The normalized spacial score (nSPS) is 33.1. The molecule has 1 aromatic rings. The van der Waals surface area contributed by atoms with Crippen LogP contribution in [0.3, 0.4) is 0 Å². The van der Waals surface area contributed by atoms with E-state index in [-0.39, 0.29) is 11.8 Å². The molecule has 2 unspecified atom stereocenters. The minimum absolute atomic E-state index is 0.0372. The van der Waals surface area contributed by atoms with E-state index < -0.39 is 5.54 Å². The summed E-state index contributed by atoms with van der Waals surface area (Å²) in [4.78, 5) is 21.1. The van der Waals surface area contributed by atoms with E-state index in [0.29, 0.717) is 11.4 Å². The first-order chi connectivity index (χ1) is 10.1. The highest BCUT2D eigenvalue weighted by Gasteiger charge is 2.45. The molecular formula is C15H22N4OS. The second kappa shape index (κ2) is 4.84. The Bertz CT molecular complexity index is 582. The first kappa shape index (κ1) is 13.8. The van der Waals surface area contributed by atoms with E-state index in [2.05, 4.69) is 9.88 Å². The summed E-state index contributed by atoms with van der Waals surface area (Å²) in [6.45, 7) is 2.02. The van der Waals surface area contributed by atoms with E-state index in [1.54, 1.807) is 11.3 Å². The number of thiazole rings is 1. The summed E-state index contributed by atoms with van der Waals surface area (Å²) in [7, 11) is 0. The number of nitrogens with two attached hydrogens (primary N) is 2. The van der Waals surface area contributed by atoms with Gasteiger partial charge in [-0.15, -0.1) is 11.3 Å². The summed E-state index contributed by atoms with van der Waals surface area (Å²) in [5.74, 6) is -0.0372. The quantitative estimate of drug-likeness (QED) is 0.816. The highest BCUT2D eigenvalue weighted by Crippen LogP contribution is 2.36. The largest absolute Gasteiger partial charge is 0.326 e. The second-order valence-corrected chi connectivity index (χ2v) is 7.79. The Hall–Kier alpha value is -0.820. The van der Waals surface area contributed by atoms with Crippen LogP contribution < -0.4 is 11.5 Å². The van der Waals surface area contributed by atoms with Gasteiger partial charge in [0.05, 0.1) is 11.2 Å². The molecule has 0 radical (unpaired) electrons. The Kier molecular flexibility index (Phi) is 3.19. The number of aromatic nitrogens is 1. The molecule has 1 aromatic heterocycles. The van der Waals surface area contributed by atoms with Gasteiger partial charge >= 0.3 is 0 Å². The number of rotatable bonds is 3. The molecule has 2 heterocycles. The van der Waals surface area contributed by atoms with Crippen molar-refractivity contribution in [1.82, 2.24) is 9.88 Å². The number of fused-ring (bicyclic) bond motifs is 1. The van der Waals surface area contributed by atoms with Crippen LogP contribution >= 0.6 is 11.3 Å². The number of carbonyl (C=O) groups is 1. The summed E-state index contributed by atoms with van der Waals surface area (Å²) in [6.07, 6.45) is 6.05. The standard InChI is InChI=1S/C15H22N4OS/c16-12-2-1-6-15(12,17)13(20)14-18-10-5-7-19(9-3-4-9)8-11(10)21-14/h9,12H,1-8,16-17H2.